The number of hydrogen-bond donors (Lipinski definition) is 1. The van der Waals surface area contributed by atoms with Crippen molar-refractivity contribution < 1.29 is 27.8 Å². The molecule has 3 nitrogen and oxygen atoms in total. The van der Waals surface area contributed by atoms with Crippen molar-refractivity contribution in [3.8, 4) is 5.75 Å². The predicted octanol–water partition coefficient (Wildman–Crippen LogP) is 2.47. The number of rotatable bonds is 2. The zero-order valence-corrected chi connectivity index (χ0v) is 8.34. The monoisotopic (exact) mass is 234 g/mol. The van der Waals surface area contributed by atoms with Gasteiger partial charge in [0.05, 0.1) is 5.56 Å². The molecule has 0 aliphatic carbocycles. The summed E-state index contributed by atoms with van der Waals surface area (Å²) in [5.41, 5.74) is -0.892. The lowest BCUT2D eigenvalue weighted by Gasteiger charge is -2.09. The van der Waals surface area contributed by atoms with Crippen molar-refractivity contribution in [3.63, 3.8) is 0 Å². The zero-order valence-electron chi connectivity index (χ0n) is 8.34. The molecule has 16 heavy (non-hydrogen) atoms. The number of esters is 1. The first-order valence-electron chi connectivity index (χ1n) is 4.32. The van der Waals surface area contributed by atoms with Crippen molar-refractivity contribution in [3.05, 3.63) is 29.3 Å². The van der Waals surface area contributed by atoms with Crippen molar-refractivity contribution in [2.24, 2.45) is 0 Å². The molecule has 0 bridgehead atoms. The summed E-state index contributed by atoms with van der Waals surface area (Å²) >= 11 is 0. The van der Waals surface area contributed by atoms with Gasteiger partial charge in [0.25, 0.3) is 0 Å². The molecular formula is C10H9F3O3. The van der Waals surface area contributed by atoms with Crippen LogP contribution in [0.1, 0.15) is 18.1 Å². The molecule has 0 heterocycles. The van der Waals surface area contributed by atoms with Crippen LogP contribution in [0.5, 0.6) is 5.75 Å². The van der Waals surface area contributed by atoms with Gasteiger partial charge in [-0.05, 0) is 23.8 Å². The normalized spacial score (nSPS) is 11.2. The lowest BCUT2D eigenvalue weighted by molar-refractivity contribution is -0.142. The molecule has 1 rings (SSSR count). The van der Waals surface area contributed by atoms with E-state index in [9.17, 15) is 18.0 Å². The number of aromatic hydroxyl groups is 1. The second-order valence-corrected chi connectivity index (χ2v) is 3.17. The van der Waals surface area contributed by atoms with Crippen LogP contribution in [0.15, 0.2) is 18.2 Å². The quantitative estimate of drug-likeness (QED) is 0.799. The first-order valence-corrected chi connectivity index (χ1v) is 4.32. The topological polar surface area (TPSA) is 46.5 Å². The molecule has 1 aromatic carbocycles. The minimum Gasteiger partial charge on any atom is -0.508 e. The molecule has 0 saturated heterocycles. The average Bonchev–Trinajstić information content (AvgIpc) is 2.12. The van der Waals surface area contributed by atoms with E-state index in [1.807, 2.05) is 0 Å². The fraction of sp³-hybridized carbons (Fsp3) is 0.300. The van der Waals surface area contributed by atoms with Crippen LogP contribution in [0.4, 0.5) is 13.2 Å². The average molecular weight is 234 g/mol. The first-order chi connectivity index (χ1) is 7.29. The molecule has 0 atom stereocenters. The second-order valence-electron chi connectivity index (χ2n) is 3.17. The van der Waals surface area contributed by atoms with Gasteiger partial charge in [0, 0.05) is 6.92 Å². The summed E-state index contributed by atoms with van der Waals surface area (Å²) < 4.78 is 41.5. The molecule has 6 heteroatoms. The maximum atomic E-state index is 12.3. The highest BCUT2D eigenvalue weighted by Gasteiger charge is 2.31. The Morgan fingerprint density at radius 2 is 2.00 bits per heavy atom. The van der Waals surface area contributed by atoms with Gasteiger partial charge < -0.3 is 9.84 Å². The SMILES string of the molecule is CC(=O)OCc1cc(O)cc(C(F)(F)F)c1. The van der Waals surface area contributed by atoms with Crippen LogP contribution < -0.4 is 0 Å². The van der Waals surface area contributed by atoms with E-state index in [-0.39, 0.29) is 12.2 Å². The van der Waals surface area contributed by atoms with Crippen LogP contribution in [0.3, 0.4) is 0 Å². The van der Waals surface area contributed by atoms with Crippen molar-refractivity contribution in [2.75, 3.05) is 0 Å². The van der Waals surface area contributed by atoms with Crippen molar-refractivity contribution in [1.29, 1.82) is 0 Å². The third-order valence-electron chi connectivity index (χ3n) is 1.75. The molecule has 0 spiro atoms. The van der Waals surface area contributed by atoms with E-state index in [0.29, 0.717) is 6.07 Å². The fourth-order valence-corrected chi connectivity index (χ4v) is 1.11. The van der Waals surface area contributed by atoms with Gasteiger partial charge in [-0.15, -0.1) is 0 Å². The van der Waals surface area contributed by atoms with Crippen LogP contribution in [0.25, 0.3) is 0 Å². The Hall–Kier alpha value is -1.72. The largest absolute Gasteiger partial charge is 0.508 e. The Balaban J connectivity index is 2.94. The number of benzene rings is 1. The highest BCUT2D eigenvalue weighted by atomic mass is 19.4. The molecule has 1 N–H and O–H groups in total. The molecule has 0 aliphatic rings. The Morgan fingerprint density at radius 3 is 2.50 bits per heavy atom. The number of hydrogen-bond acceptors (Lipinski definition) is 3. The third-order valence-corrected chi connectivity index (χ3v) is 1.75. The maximum Gasteiger partial charge on any atom is 0.416 e. The number of alkyl halides is 3. The van der Waals surface area contributed by atoms with E-state index >= 15 is 0 Å². The fourth-order valence-electron chi connectivity index (χ4n) is 1.11. The van der Waals surface area contributed by atoms with Gasteiger partial charge in [0.1, 0.15) is 12.4 Å². The maximum absolute atomic E-state index is 12.3. The molecule has 1 aromatic rings. The molecule has 88 valence electrons. The second kappa shape index (κ2) is 4.42. The summed E-state index contributed by atoms with van der Waals surface area (Å²) in [7, 11) is 0. The van der Waals surface area contributed by atoms with Crippen molar-refractivity contribution in [2.45, 2.75) is 19.7 Å². The van der Waals surface area contributed by atoms with Gasteiger partial charge in [-0.1, -0.05) is 0 Å². The Bertz CT molecular complexity index is 399. The Kier molecular flexibility index (Phi) is 3.41. The molecule has 0 radical (unpaired) electrons. The molecule has 0 aliphatic heterocycles. The third kappa shape index (κ3) is 3.45. The van der Waals surface area contributed by atoms with Gasteiger partial charge in [0.2, 0.25) is 0 Å². The van der Waals surface area contributed by atoms with Gasteiger partial charge in [-0.2, -0.15) is 13.2 Å². The van der Waals surface area contributed by atoms with Crippen LogP contribution in [-0.2, 0) is 22.3 Å². The van der Waals surface area contributed by atoms with Gasteiger partial charge in [0.15, 0.2) is 0 Å². The van der Waals surface area contributed by atoms with E-state index in [1.54, 1.807) is 0 Å². The minimum absolute atomic E-state index is 0.0857. The first kappa shape index (κ1) is 12.4. The molecule has 0 amide bonds. The number of carbonyl (C=O) groups excluding carboxylic acids is 1. The Morgan fingerprint density at radius 1 is 1.38 bits per heavy atom. The summed E-state index contributed by atoms with van der Waals surface area (Å²) in [6.07, 6.45) is -4.54. The summed E-state index contributed by atoms with van der Waals surface area (Å²) in [6.45, 7) is 0.848. The van der Waals surface area contributed by atoms with Crippen LogP contribution in [0, 0.1) is 0 Å². The van der Waals surface area contributed by atoms with Crippen LogP contribution in [-0.4, -0.2) is 11.1 Å². The van der Waals surface area contributed by atoms with Gasteiger partial charge in [-0.3, -0.25) is 4.79 Å². The summed E-state index contributed by atoms with van der Waals surface area (Å²) in [6, 6.07) is 2.54. The number of phenolic OH excluding ortho intramolecular Hbond substituents is 1. The van der Waals surface area contributed by atoms with Crippen molar-refractivity contribution >= 4 is 5.97 Å². The molecular weight excluding hydrogens is 225 g/mol. The highest BCUT2D eigenvalue weighted by molar-refractivity contribution is 5.65. The number of carbonyl (C=O) groups is 1. The van der Waals surface area contributed by atoms with Crippen LogP contribution >= 0.6 is 0 Å². The highest BCUT2D eigenvalue weighted by Crippen LogP contribution is 2.32. The minimum atomic E-state index is -4.54. The number of halogens is 3. The summed E-state index contributed by atoms with van der Waals surface area (Å²) in [5.74, 6) is -1.12. The molecule has 0 aromatic heterocycles. The van der Waals surface area contributed by atoms with E-state index in [2.05, 4.69) is 4.74 Å². The van der Waals surface area contributed by atoms with E-state index in [4.69, 9.17) is 5.11 Å². The zero-order chi connectivity index (χ0) is 12.3. The smallest absolute Gasteiger partial charge is 0.416 e. The summed E-state index contributed by atoms with van der Waals surface area (Å²) in [4.78, 5) is 10.5. The number of ether oxygens (including phenoxy) is 1. The molecule has 0 unspecified atom stereocenters. The predicted molar refractivity (Wildman–Crippen MR) is 48.6 cm³/mol. The molecule has 0 fully saturated rings. The van der Waals surface area contributed by atoms with E-state index in [0.717, 1.165) is 19.1 Å². The van der Waals surface area contributed by atoms with E-state index < -0.39 is 23.5 Å². The lowest BCUT2D eigenvalue weighted by atomic mass is 10.1. The lowest BCUT2D eigenvalue weighted by Crippen LogP contribution is -2.06. The standard InChI is InChI=1S/C10H9F3O3/c1-6(14)16-5-7-2-8(10(11,12)13)4-9(15)3-7/h2-4,15H,5H2,1H3. The van der Waals surface area contributed by atoms with Crippen LogP contribution in [0.2, 0.25) is 0 Å². The summed E-state index contributed by atoms with van der Waals surface area (Å²) in [5, 5.41) is 9.08. The van der Waals surface area contributed by atoms with Crippen molar-refractivity contribution in [1.82, 2.24) is 0 Å². The van der Waals surface area contributed by atoms with Gasteiger partial charge >= 0.3 is 12.1 Å². The van der Waals surface area contributed by atoms with Gasteiger partial charge in [-0.25, -0.2) is 0 Å². The van der Waals surface area contributed by atoms with E-state index in [1.165, 1.54) is 0 Å². The Labute approximate surface area is 89.5 Å². The number of phenols is 1. The molecule has 0 saturated carbocycles.